The fourth-order valence-corrected chi connectivity index (χ4v) is 4.92. The summed E-state index contributed by atoms with van der Waals surface area (Å²) in [7, 11) is 1.65. The molecule has 1 heterocycles. The van der Waals surface area contributed by atoms with Crippen molar-refractivity contribution in [1.82, 2.24) is 20.1 Å². The molecule has 0 unspecified atom stereocenters. The van der Waals surface area contributed by atoms with E-state index in [9.17, 15) is 4.79 Å². The SMILES string of the molecule is COc1ccc(-n2c(CNC(=O)[C@@H](c3ccccc3)C3CCCC3)nnc2SC)cc1. The molecule has 162 valence electrons. The summed E-state index contributed by atoms with van der Waals surface area (Å²) >= 11 is 1.52. The van der Waals surface area contributed by atoms with E-state index in [-0.39, 0.29) is 11.8 Å². The average molecular weight is 437 g/mol. The van der Waals surface area contributed by atoms with Crippen LogP contribution in [0.4, 0.5) is 0 Å². The molecule has 0 radical (unpaired) electrons. The summed E-state index contributed by atoms with van der Waals surface area (Å²) in [6, 6.07) is 17.9. The predicted octanol–water partition coefficient (Wildman–Crippen LogP) is 4.59. The number of ether oxygens (including phenoxy) is 1. The number of amides is 1. The highest BCUT2D eigenvalue weighted by molar-refractivity contribution is 7.98. The molecule has 1 saturated carbocycles. The van der Waals surface area contributed by atoms with E-state index in [0.717, 1.165) is 35.0 Å². The molecule has 1 N–H and O–H groups in total. The lowest BCUT2D eigenvalue weighted by molar-refractivity contribution is -0.124. The first-order chi connectivity index (χ1) is 15.2. The first kappa shape index (κ1) is 21.4. The van der Waals surface area contributed by atoms with Gasteiger partial charge in [0.25, 0.3) is 0 Å². The lowest BCUT2D eigenvalue weighted by Gasteiger charge is -2.23. The van der Waals surface area contributed by atoms with Gasteiger partial charge in [-0.2, -0.15) is 0 Å². The largest absolute Gasteiger partial charge is 0.497 e. The Bertz CT molecular complexity index is 998. The Morgan fingerprint density at radius 1 is 1.13 bits per heavy atom. The second kappa shape index (κ2) is 10.0. The Balaban J connectivity index is 1.55. The molecular weight excluding hydrogens is 408 g/mol. The maximum Gasteiger partial charge on any atom is 0.228 e. The zero-order chi connectivity index (χ0) is 21.6. The van der Waals surface area contributed by atoms with Gasteiger partial charge in [-0.25, -0.2) is 0 Å². The van der Waals surface area contributed by atoms with Gasteiger partial charge in [0.1, 0.15) is 5.75 Å². The van der Waals surface area contributed by atoms with Crippen LogP contribution in [-0.2, 0) is 11.3 Å². The number of rotatable bonds is 8. The number of methoxy groups -OCH3 is 1. The molecule has 0 saturated heterocycles. The predicted molar refractivity (Wildman–Crippen MR) is 123 cm³/mol. The van der Waals surface area contributed by atoms with Gasteiger partial charge < -0.3 is 10.1 Å². The van der Waals surface area contributed by atoms with Crippen LogP contribution in [0.2, 0.25) is 0 Å². The Labute approximate surface area is 187 Å². The summed E-state index contributed by atoms with van der Waals surface area (Å²) in [4.78, 5) is 13.3. The fourth-order valence-electron chi connectivity index (χ4n) is 4.40. The molecule has 7 heteroatoms. The molecule has 6 nitrogen and oxygen atoms in total. The van der Waals surface area contributed by atoms with Crippen molar-refractivity contribution >= 4 is 17.7 Å². The topological polar surface area (TPSA) is 69.0 Å². The van der Waals surface area contributed by atoms with Crippen molar-refractivity contribution in [2.24, 2.45) is 5.92 Å². The number of carbonyl (C=O) groups excluding carboxylic acids is 1. The first-order valence-corrected chi connectivity index (χ1v) is 11.9. The van der Waals surface area contributed by atoms with Crippen molar-refractivity contribution in [3.05, 3.63) is 66.0 Å². The molecule has 0 bridgehead atoms. The molecule has 1 aromatic heterocycles. The maximum atomic E-state index is 13.3. The van der Waals surface area contributed by atoms with Crippen LogP contribution in [-0.4, -0.2) is 34.0 Å². The summed E-state index contributed by atoms with van der Waals surface area (Å²) in [5.74, 6) is 1.83. The number of thioether (sulfide) groups is 1. The highest BCUT2D eigenvalue weighted by Crippen LogP contribution is 2.37. The number of hydrogen-bond acceptors (Lipinski definition) is 5. The van der Waals surface area contributed by atoms with Crippen molar-refractivity contribution in [2.75, 3.05) is 13.4 Å². The summed E-state index contributed by atoms with van der Waals surface area (Å²) in [6.07, 6.45) is 6.57. The van der Waals surface area contributed by atoms with Gasteiger partial charge in [-0.05, 0) is 54.8 Å². The van der Waals surface area contributed by atoms with Crippen molar-refractivity contribution in [3.8, 4) is 11.4 Å². The van der Waals surface area contributed by atoms with Crippen LogP contribution in [0.15, 0.2) is 59.8 Å². The van der Waals surface area contributed by atoms with Crippen LogP contribution in [0.25, 0.3) is 5.69 Å². The van der Waals surface area contributed by atoms with Crippen molar-refractivity contribution in [3.63, 3.8) is 0 Å². The molecular formula is C24H28N4O2S. The number of carbonyl (C=O) groups is 1. The van der Waals surface area contributed by atoms with E-state index < -0.39 is 0 Å². The van der Waals surface area contributed by atoms with E-state index in [4.69, 9.17) is 4.74 Å². The number of nitrogens with one attached hydrogen (secondary N) is 1. The van der Waals surface area contributed by atoms with Crippen LogP contribution < -0.4 is 10.1 Å². The van der Waals surface area contributed by atoms with Crippen LogP contribution in [0.1, 0.15) is 43.0 Å². The summed E-state index contributed by atoms with van der Waals surface area (Å²) in [5.41, 5.74) is 2.03. The third-order valence-corrected chi connectivity index (χ3v) is 6.58. The number of aromatic nitrogens is 3. The fraction of sp³-hybridized carbons (Fsp3) is 0.375. The normalized spacial score (nSPS) is 15.0. The Hall–Kier alpha value is -2.80. The van der Waals surface area contributed by atoms with E-state index in [2.05, 4.69) is 27.6 Å². The maximum absolute atomic E-state index is 13.3. The van der Waals surface area contributed by atoms with Crippen LogP contribution in [0, 0.1) is 5.92 Å². The highest BCUT2D eigenvalue weighted by Gasteiger charge is 2.32. The molecule has 1 amide bonds. The van der Waals surface area contributed by atoms with Gasteiger partial charge >= 0.3 is 0 Å². The highest BCUT2D eigenvalue weighted by atomic mass is 32.2. The average Bonchev–Trinajstić information content (AvgIpc) is 3.49. The van der Waals surface area contributed by atoms with Crippen LogP contribution >= 0.6 is 11.8 Å². The second-order valence-electron chi connectivity index (χ2n) is 7.79. The lowest BCUT2D eigenvalue weighted by Crippen LogP contribution is -2.33. The lowest BCUT2D eigenvalue weighted by atomic mass is 9.84. The van der Waals surface area contributed by atoms with Gasteiger partial charge in [-0.3, -0.25) is 9.36 Å². The molecule has 31 heavy (non-hydrogen) atoms. The van der Waals surface area contributed by atoms with E-state index >= 15 is 0 Å². The minimum atomic E-state index is -0.124. The summed E-state index contributed by atoms with van der Waals surface area (Å²) in [6.45, 7) is 0.328. The summed E-state index contributed by atoms with van der Waals surface area (Å²) < 4.78 is 7.25. The monoisotopic (exact) mass is 436 g/mol. The Kier molecular flexibility index (Phi) is 6.92. The molecule has 4 rings (SSSR count). The van der Waals surface area contributed by atoms with E-state index in [0.29, 0.717) is 18.3 Å². The molecule has 1 atom stereocenters. The van der Waals surface area contributed by atoms with Crippen molar-refractivity contribution in [1.29, 1.82) is 0 Å². The summed E-state index contributed by atoms with van der Waals surface area (Å²) in [5, 5.41) is 12.6. The Morgan fingerprint density at radius 3 is 2.48 bits per heavy atom. The van der Waals surface area contributed by atoms with Gasteiger partial charge in [0, 0.05) is 5.69 Å². The first-order valence-electron chi connectivity index (χ1n) is 10.7. The van der Waals surface area contributed by atoms with Gasteiger partial charge in [-0.1, -0.05) is 54.9 Å². The molecule has 1 fully saturated rings. The third kappa shape index (κ3) is 4.77. The quantitative estimate of drug-likeness (QED) is 0.523. The Morgan fingerprint density at radius 2 is 1.84 bits per heavy atom. The van der Waals surface area contributed by atoms with Crippen LogP contribution in [0.5, 0.6) is 5.75 Å². The molecule has 3 aromatic rings. The van der Waals surface area contributed by atoms with E-state index in [1.54, 1.807) is 7.11 Å². The zero-order valence-corrected chi connectivity index (χ0v) is 18.8. The van der Waals surface area contributed by atoms with Gasteiger partial charge in [0.2, 0.25) is 5.91 Å². The van der Waals surface area contributed by atoms with E-state index in [1.165, 1.54) is 24.6 Å². The minimum absolute atomic E-state index is 0.0630. The van der Waals surface area contributed by atoms with Crippen LogP contribution in [0.3, 0.4) is 0 Å². The second-order valence-corrected chi connectivity index (χ2v) is 8.56. The third-order valence-electron chi connectivity index (χ3n) is 5.95. The standard InChI is InChI=1S/C24H28N4O2S/c1-30-20-14-12-19(13-15-20)28-21(26-27-24(28)31-2)16-25-23(29)22(18-10-6-7-11-18)17-8-4-3-5-9-17/h3-5,8-9,12-15,18,22H,6-7,10-11,16H2,1-2H3,(H,25,29)/t22-/m0/s1. The molecule has 0 spiro atoms. The molecule has 2 aromatic carbocycles. The zero-order valence-electron chi connectivity index (χ0n) is 18.0. The smallest absolute Gasteiger partial charge is 0.228 e. The number of benzene rings is 2. The van der Waals surface area contributed by atoms with Gasteiger partial charge in [0.05, 0.1) is 19.6 Å². The molecule has 0 aliphatic heterocycles. The van der Waals surface area contributed by atoms with Gasteiger partial charge in [0.15, 0.2) is 11.0 Å². The minimum Gasteiger partial charge on any atom is -0.497 e. The number of nitrogens with zero attached hydrogens (tertiary/aromatic N) is 3. The van der Waals surface area contributed by atoms with Gasteiger partial charge in [-0.15, -0.1) is 10.2 Å². The number of hydrogen-bond donors (Lipinski definition) is 1. The molecule has 1 aliphatic rings. The van der Waals surface area contributed by atoms with E-state index in [1.807, 2.05) is 53.3 Å². The molecule has 1 aliphatic carbocycles. The van der Waals surface area contributed by atoms with Crippen molar-refractivity contribution < 1.29 is 9.53 Å². The van der Waals surface area contributed by atoms with Crippen molar-refractivity contribution in [2.45, 2.75) is 43.3 Å².